The summed E-state index contributed by atoms with van der Waals surface area (Å²) < 4.78 is 5.10. The molecule has 1 aromatic rings. The van der Waals surface area contributed by atoms with Crippen LogP contribution in [0.5, 0.6) is 0 Å². The van der Waals surface area contributed by atoms with Crippen LogP contribution in [0.15, 0.2) is 12.3 Å². The normalized spacial score (nSPS) is 19.5. The van der Waals surface area contributed by atoms with Gasteiger partial charge in [-0.2, -0.15) is 0 Å². The molecule has 0 aliphatic carbocycles. The van der Waals surface area contributed by atoms with Crippen LogP contribution in [0.1, 0.15) is 38.3 Å². The first-order valence-electron chi connectivity index (χ1n) is 9.58. The van der Waals surface area contributed by atoms with Crippen LogP contribution in [0.2, 0.25) is 0 Å². The van der Waals surface area contributed by atoms with Gasteiger partial charge in [0.05, 0.1) is 12.5 Å². The Hall–Kier alpha value is -2.18. The second-order valence-corrected chi connectivity index (χ2v) is 7.11. The van der Waals surface area contributed by atoms with E-state index in [1.807, 2.05) is 24.8 Å². The van der Waals surface area contributed by atoms with Gasteiger partial charge in [-0.05, 0) is 45.6 Å². The number of carbonyl (C=O) groups is 2. The number of esters is 1. The summed E-state index contributed by atoms with van der Waals surface area (Å²) in [5, 5.41) is 0. The summed E-state index contributed by atoms with van der Waals surface area (Å²) in [6.45, 7) is 7.12. The largest absolute Gasteiger partial charge is 0.466 e. The van der Waals surface area contributed by atoms with Gasteiger partial charge in [-0.25, -0.2) is 9.97 Å². The minimum absolute atomic E-state index is 0.0562. The lowest BCUT2D eigenvalue weighted by atomic mass is 9.92. The highest BCUT2D eigenvalue weighted by Crippen LogP contribution is 2.25. The SMILES string of the molecule is CCOC(=O)C1CCN(C(=O)C2CCN(c3nccc(C)n3)CC2)CC1. The van der Waals surface area contributed by atoms with Crippen LogP contribution >= 0.6 is 0 Å². The maximum Gasteiger partial charge on any atom is 0.309 e. The van der Waals surface area contributed by atoms with Gasteiger partial charge in [0.2, 0.25) is 11.9 Å². The molecule has 142 valence electrons. The molecule has 1 aromatic heterocycles. The van der Waals surface area contributed by atoms with Crippen molar-refractivity contribution in [3.8, 4) is 0 Å². The Labute approximate surface area is 154 Å². The van der Waals surface area contributed by atoms with E-state index in [1.165, 1.54) is 0 Å². The predicted molar refractivity (Wildman–Crippen MR) is 97.6 cm³/mol. The second kappa shape index (κ2) is 8.47. The standard InChI is InChI=1S/C19H28N4O3/c1-3-26-18(25)16-7-10-22(11-8-16)17(24)15-5-12-23(13-6-15)19-20-9-4-14(2)21-19/h4,9,15-16H,3,5-8,10-13H2,1-2H3. The van der Waals surface area contributed by atoms with Crippen molar-refractivity contribution in [3.05, 3.63) is 18.0 Å². The molecule has 7 nitrogen and oxygen atoms in total. The highest BCUT2D eigenvalue weighted by molar-refractivity contribution is 5.80. The van der Waals surface area contributed by atoms with Crippen LogP contribution < -0.4 is 4.90 Å². The Morgan fingerprint density at radius 2 is 1.77 bits per heavy atom. The van der Waals surface area contributed by atoms with Gasteiger partial charge in [-0.3, -0.25) is 9.59 Å². The number of hydrogen-bond donors (Lipinski definition) is 0. The molecule has 0 radical (unpaired) electrons. The lowest BCUT2D eigenvalue weighted by molar-refractivity contribution is -0.151. The van der Waals surface area contributed by atoms with Crippen molar-refractivity contribution in [1.29, 1.82) is 0 Å². The van der Waals surface area contributed by atoms with Crippen molar-refractivity contribution >= 4 is 17.8 Å². The zero-order chi connectivity index (χ0) is 18.5. The number of rotatable bonds is 4. The van der Waals surface area contributed by atoms with Crippen molar-refractivity contribution in [2.45, 2.75) is 39.5 Å². The van der Waals surface area contributed by atoms with Gasteiger partial charge in [0.1, 0.15) is 0 Å². The average Bonchev–Trinajstić information content (AvgIpc) is 2.68. The van der Waals surface area contributed by atoms with E-state index in [9.17, 15) is 9.59 Å². The maximum absolute atomic E-state index is 12.8. The van der Waals surface area contributed by atoms with Gasteiger partial charge >= 0.3 is 5.97 Å². The number of hydrogen-bond acceptors (Lipinski definition) is 6. The molecule has 0 N–H and O–H groups in total. The minimum Gasteiger partial charge on any atom is -0.466 e. The molecule has 0 atom stereocenters. The first kappa shape index (κ1) is 18.6. The first-order chi connectivity index (χ1) is 12.6. The molecule has 2 aliphatic heterocycles. The molecule has 3 heterocycles. The molecule has 0 bridgehead atoms. The summed E-state index contributed by atoms with van der Waals surface area (Å²) in [6.07, 6.45) is 4.85. The fraction of sp³-hybridized carbons (Fsp3) is 0.684. The van der Waals surface area contributed by atoms with Crippen LogP contribution in [0.25, 0.3) is 0 Å². The summed E-state index contributed by atoms with van der Waals surface area (Å²) in [6, 6.07) is 1.89. The van der Waals surface area contributed by atoms with Crippen LogP contribution in [-0.4, -0.2) is 59.5 Å². The summed E-state index contributed by atoms with van der Waals surface area (Å²) >= 11 is 0. The van der Waals surface area contributed by atoms with E-state index >= 15 is 0 Å². The lowest BCUT2D eigenvalue weighted by Crippen LogP contribution is -2.46. The molecule has 2 aliphatic rings. The minimum atomic E-state index is -0.119. The predicted octanol–water partition coefficient (Wildman–Crippen LogP) is 1.80. The maximum atomic E-state index is 12.8. The number of anilines is 1. The van der Waals surface area contributed by atoms with Crippen LogP contribution in [0, 0.1) is 18.8 Å². The molecule has 1 amide bonds. The molecule has 0 aromatic carbocycles. The summed E-state index contributed by atoms with van der Waals surface area (Å²) in [4.78, 5) is 37.5. The van der Waals surface area contributed by atoms with Crippen molar-refractivity contribution in [1.82, 2.24) is 14.9 Å². The number of aryl methyl sites for hydroxylation is 1. The van der Waals surface area contributed by atoms with Crippen LogP contribution in [0.4, 0.5) is 5.95 Å². The van der Waals surface area contributed by atoms with E-state index in [0.717, 1.165) is 37.6 Å². The van der Waals surface area contributed by atoms with Gasteiger partial charge in [0, 0.05) is 44.0 Å². The molecule has 0 spiro atoms. The van der Waals surface area contributed by atoms with Gasteiger partial charge in [0.25, 0.3) is 0 Å². The van der Waals surface area contributed by atoms with E-state index in [2.05, 4.69) is 14.9 Å². The number of carbonyl (C=O) groups excluding carboxylic acids is 2. The molecule has 26 heavy (non-hydrogen) atoms. The van der Waals surface area contributed by atoms with Gasteiger partial charge in [0.15, 0.2) is 0 Å². The van der Waals surface area contributed by atoms with E-state index in [-0.39, 0.29) is 23.7 Å². The zero-order valence-corrected chi connectivity index (χ0v) is 15.7. The van der Waals surface area contributed by atoms with Crippen LogP contribution in [-0.2, 0) is 14.3 Å². The second-order valence-electron chi connectivity index (χ2n) is 7.11. The topological polar surface area (TPSA) is 75.6 Å². The Bertz CT molecular complexity index is 635. The van der Waals surface area contributed by atoms with E-state index < -0.39 is 0 Å². The number of nitrogens with zero attached hydrogens (tertiary/aromatic N) is 4. The third kappa shape index (κ3) is 4.31. The molecule has 7 heteroatoms. The Balaban J connectivity index is 1.48. The molecular formula is C19H28N4O3. The van der Waals surface area contributed by atoms with Crippen molar-refractivity contribution in [3.63, 3.8) is 0 Å². The quantitative estimate of drug-likeness (QED) is 0.762. The van der Waals surface area contributed by atoms with Crippen LogP contribution in [0.3, 0.4) is 0 Å². The smallest absolute Gasteiger partial charge is 0.309 e. The fourth-order valence-corrected chi connectivity index (χ4v) is 3.77. The number of likely N-dealkylation sites (tertiary alicyclic amines) is 1. The van der Waals surface area contributed by atoms with E-state index in [0.29, 0.717) is 32.5 Å². The third-order valence-electron chi connectivity index (χ3n) is 5.34. The molecule has 0 unspecified atom stereocenters. The van der Waals surface area contributed by atoms with Gasteiger partial charge in [-0.1, -0.05) is 0 Å². The van der Waals surface area contributed by atoms with E-state index in [1.54, 1.807) is 6.20 Å². The highest BCUT2D eigenvalue weighted by Gasteiger charge is 2.33. The summed E-state index contributed by atoms with van der Waals surface area (Å²) in [5.74, 6) is 0.879. The molecule has 2 fully saturated rings. The summed E-state index contributed by atoms with van der Waals surface area (Å²) in [7, 11) is 0. The number of amides is 1. The molecule has 3 rings (SSSR count). The number of aromatic nitrogens is 2. The monoisotopic (exact) mass is 360 g/mol. The van der Waals surface area contributed by atoms with Crippen molar-refractivity contribution < 1.29 is 14.3 Å². The number of ether oxygens (including phenoxy) is 1. The molecule has 2 saturated heterocycles. The zero-order valence-electron chi connectivity index (χ0n) is 15.7. The third-order valence-corrected chi connectivity index (χ3v) is 5.34. The summed E-state index contributed by atoms with van der Waals surface area (Å²) in [5.41, 5.74) is 0.956. The Kier molecular flexibility index (Phi) is 6.06. The highest BCUT2D eigenvalue weighted by atomic mass is 16.5. The van der Waals surface area contributed by atoms with Crippen molar-refractivity contribution in [2.24, 2.45) is 11.8 Å². The number of piperidine rings is 2. The Morgan fingerprint density at radius 1 is 1.12 bits per heavy atom. The molecular weight excluding hydrogens is 332 g/mol. The Morgan fingerprint density at radius 3 is 2.38 bits per heavy atom. The van der Waals surface area contributed by atoms with Gasteiger partial charge < -0.3 is 14.5 Å². The fourth-order valence-electron chi connectivity index (χ4n) is 3.77. The average molecular weight is 360 g/mol. The lowest BCUT2D eigenvalue weighted by Gasteiger charge is -2.36. The molecule has 0 saturated carbocycles. The van der Waals surface area contributed by atoms with Crippen molar-refractivity contribution in [2.75, 3.05) is 37.7 Å². The first-order valence-corrected chi connectivity index (χ1v) is 9.58. The van der Waals surface area contributed by atoms with Gasteiger partial charge in [-0.15, -0.1) is 0 Å². The van der Waals surface area contributed by atoms with E-state index in [4.69, 9.17) is 4.74 Å².